The summed E-state index contributed by atoms with van der Waals surface area (Å²) in [5.74, 6) is -0.00420. The van der Waals surface area contributed by atoms with Crippen LogP contribution in [-0.4, -0.2) is 41.0 Å². The van der Waals surface area contributed by atoms with E-state index < -0.39 is 36.2 Å². The molecule has 1 saturated heterocycles. The molecule has 0 radical (unpaired) electrons. The lowest BCUT2D eigenvalue weighted by Gasteiger charge is -2.55. The predicted molar refractivity (Wildman–Crippen MR) is 137 cm³/mol. The van der Waals surface area contributed by atoms with E-state index in [0.29, 0.717) is 16.8 Å². The third kappa shape index (κ3) is 5.18. The van der Waals surface area contributed by atoms with Crippen molar-refractivity contribution in [2.24, 2.45) is 10.7 Å². The van der Waals surface area contributed by atoms with Crippen LogP contribution in [0.15, 0.2) is 60.2 Å². The second-order valence-corrected chi connectivity index (χ2v) is 9.39. The molecule has 0 spiro atoms. The Hall–Kier alpha value is -4.37. The van der Waals surface area contributed by atoms with E-state index in [9.17, 15) is 22.8 Å². The summed E-state index contributed by atoms with van der Waals surface area (Å²) in [6.45, 7) is 6.22. The lowest BCUT2D eigenvalue weighted by atomic mass is 9.75. The summed E-state index contributed by atoms with van der Waals surface area (Å²) in [5, 5.41) is 16.2. The fraction of sp³-hybridized carbons (Fsp3) is 0.296. The van der Waals surface area contributed by atoms with Gasteiger partial charge in [0.2, 0.25) is 0 Å². The van der Waals surface area contributed by atoms with Gasteiger partial charge in [-0.3, -0.25) is 0 Å². The third-order valence-electron chi connectivity index (χ3n) is 6.45. The molecule has 3 aromatic rings. The van der Waals surface area contributed by atoms with E-state index in [2.05, 4.69) is 22.0 Å². The van der Waals surface area contributed by atoms with Crippen LogP contribution in [0.3, 0.4) is 0 Å². The number of amidine groups is 1. The largest absolute Gasteiger partial charge is 0.496 e. The molecule has 1 aliphatic heterocycles. The first-order valence-corrected chi connectivity index (χ1v) is 11.8. The highest BCUT2D eigenvalue weighted by atomic mass is 19.4. The minimum absolute atomic E-state index is 0.0989. The van der Waals surface area contributed by atoms with Crippen LogP contribution in [0.25, 0.3) is 11.4 Å². The van der Waals surface area contributed by atoms with E-state index >= 15 is 0 Å². The molecule has 0 bridgehead atoms. The molecule has 1 aromatic heterocycles. The highest BCUT2D eigenvalue weighted by Crippen LogP contribution is 2.57. The Labute approximate surface area is 222 Å². The van der Waals surface area contributed by atoms with E-state index in [1.54, 1.807) is 31.2 Å². The summed E-state index contributed by atoms with van der Waals surface area (Å²) in [4.78, 5) is 4.30. The number of methoxy groups -OCH3 is 1. The molecule has 0 aliphatic carbocycles. The Morgan fingerprint density at radius 3 is 2.67 bits per heavy atom. The van der Waals surface area contributed by atoms with Crippen molar-refractivity contribution in [1.29, 1.82) is 5.26 Å². The van der Waals surface area contributed by atoms with Gasteiger partial charge in [0, 0.05) is 17.7 Å². The fourth-order valence-corrected chi connectivity index (χ4v) is 4.64. The summed E-state index contributed by atoms with van der Waals surface area (Å²) in [6, 6.07) is 12.2. The number of aromatic nitrogens is 2. The molecule has 3 N–H and O–H groups in total. The van der Waals surface area contributed by atoms with Gasteiger partial charge in [-0.2, -0.15) is 23.5 Å². The molecule has 8 nitrogen and oxygen atoms in total. The molecular weight excluding hydrogens is 516 g/mol. The number of nitrogens with one attached hydrogen (secondary N) is 1. The van der Waals surface area contributed by atoms with E-state index in [-0.39, 0.29) is 28.7 Å². The molecule has 2 heterocycles. The zero-order valence-electron chi connectivity index (χ0n) is 21.4. The van der Waals surface area contributed by atoms with Gasteiger partial charge in [0.1, 0.15) is 11.6 Å². The molecule has 0 saturated carbocycles. The summed E-state index contributed by atoms with van der Waals surface area (Å²) >= 11 is 0. The topological polar surface area (TPSA) is 110 Å². The lowest BCUT2D eigenvalue weighted by Crippen LogP contribution is -2.68. The summed E-state index contributed by atoms with van der Waals surface area (Å²) < 4.78 is 69.0. The maximum Gasteiger partial charge on any atom is 0.419 e. The fourth-order valence-electron chi connectivity index (χ4n) is 4.64. The Morgan fingerprint density at radius 2 is 2.05 bits per heavy atom. The maximum absolute atomic E-state index is 14.3. The van der Waals surface area contributed by atoms with Crippen LogP contribution in [-0.2, 0) is 10.3 Å². The zero-order valence-corrected chi connectivity index (χ0v) is 21.4. The van der Waals surface area contributed by atoms with Gasteiger partial charge >= 0.3 is 6.18 Å². The maximum atomic E-state index is 14.3. The highest BCUT2D eigenvalue weighted by molar-refractivity contribution is 5.83. The van der Waals surface area contributed by atoms with Crippen LogP contribution < -0.4 is 15.8 Å². The monoisotopic (exact) mass is 542 g/mol. The van der Waals surface area contributed by atoms with Crippen LogP contribution in [0.4, 0.5) is 23.4 Å². The van der Waals surface area contributed by atoms with Gasteiger partial charge < -0.3 is 20.5 Å². The quantitative estimate of drug-likeness (QED) is 0.233. The van der Waals surface area contributed by atoms with Crippen molar-refractivity contribution in [3.8, 4) is 17.5 Å². The number of nitrogens with zero attached hydrogens (tertiary/aromatic N) is 4. The van der Waals surface area contributed by atoms with Crippen molar-refractivity contribution < 1.29 is 27.0 Å². The lowest BCUT2D eigenvalue weighted by molar-refractivity contribution is -0.382. The minimum atomic E-state index is -4.75. The van der Waals surface area contributed by atoms with Crippen molar-refractivity contribution in [3.63, 3.8) is 0 Å². The Kier molecular flexibility index (Phi) is 7.14. The Morgan fingerprint density at radius 1 is 1.33 bits per heavy atom. The van der Waals surface area contributed by atoms with Crippen molar-refractivity contribution >= 4 is 17.4 Å². The first-order chi connectivity index (χ1) is 18.3. The molecule has 2 unspecified atom stereocenters. The number of alkyl halides is 3. The number of nitriles is 1. The molecule has 2 aromatic carbocycles. The van der Waals surface area contributed by atoms with Crippen LogP contribution in [0.5, 0.6) is 5.75 Å². The number of benzene rings is 2. The van der Waals surface area contributed by atoms with Gasteiger partial charge in [0.25, 0.3) is 0 Å². The molecule has 39 heavy (non-hydrogen) atoms. The molecule has 1 fully saturated rings. The molecule has 12 heteroatoms. The third-order valence-corrected chi connectivity index (χ3v) is 6.45. The van der Waals surface area contributed by atoms with Gasteiger partial charge in [0.05, 0.1) is 54.2 Å². The van der Waals surface area contributed by atoms with E-state index in [4.69, 9.17) is 15.2 Å². The Balaban J connectivity index is 1.61. The van der Waals surface area contributed by atoms with Crippen molar-refractivity contribution in [3.05, 3.63) is 77.7 Å². The number of hydrogen-bond acceptors (Lipinski definition) is 6. The normalized spacial score (nSPS) is 21.1. The highest BCUT2D eigenvalue weighted by Gasteiger charge is 2.68. The molecule has 2 atom stereocenters. The molecule has 4 rings (SSSR count). The summed E-state index contributed by atoms with van der Waals surface area (Å²) in [6.07, 6.45) is -3.85. The van der Waals surface area contributed by atoms with Crippen LogP contribution in [0.1, 0.15) is 37.0 Å². The molecule has 0 amide bonds. The van der Waals surface area contributed by atoms with Crippen molar-refractivity contribution in [2.45, 2.75) is 37.6 Å². The van der Waals surface area contributed by atoms with Crippen molar-refractivity contribution in [1.82, 2.24) is 15.1 Å². The predicted octanol–water partition coefficient (Wildman–Crippen LogP) is 5.10. The number of halogens is 4. The molecule has 1 aliphatic rings. The average molecular weight is 543 g/mol. The second kappa shape index (κ2) is 10.1. The summed E-state index contributed by atoms with van der Waals surface area (Å²) in [7, 11) is 1.35. The number of ether oxygens (including phenoxy) is 2. The number of rotatable bonds is 8. The molecular formula is C27H26F4N6O2. The van der Waals surface area contributed by atoms with E-state index in [0.717, 1.165) is 12.1 Å². The standard InChI is InChI=1S/C27H26F4N6O2/c1-16(21-13-35-37(24(21)36-17(2)33)20-7-5-6-18(10-20)12-32)34-15-26(27(29,30)31)14-25(3,39-26)22-11-19(28)8-9-23(22)38-4/h5-11,13,34H,1,14-15H2,2-4H3,(H2,33,36). The number of aliphatic imine (C=N–C) groups is 1. The SMILES string of the molecule is C=C(NCC1(C(F)(F)F)CC(C)(c2cc(F)ccc2OC)O1)c1cnn(-c2cccc(C#N)c2)c1/N=C(/C)N. The number of hydrogen-bond donors (Lipinski definition) is 2. The van der Waals surface area contributed by atoms with Gasteiger partial charge in [-0.1, -0.05) is 12.6 Å². The van der Waals surface area contributed by atoms with Gasteiger partial charge in [-0.15, -0.1) is 0 Å². The van der Waals surface area contributed by atoms with E-state index in [1.807, 2.05) is 6.07 Å². The average Bonchev–Trinajstić information content (AvgIpc) is 3.27. The smallest absolute Gasteiger partial charge is 0.419 e. The number of nitrogens with two attached hydrogens (primary N) is 1. The molecule has 204 valence electrons. The van der Waals surface area contributed by atoms with Gasteiger partial charge in [0.15, 0.2) is 11.4 Å². The Bertz CT molecular complexity index is 1480. The van der Waals surface area contributed by atoms with Crippen LogP contribution in [0, 0.1) is 17.1 Å². The van der Waals surface area contributed by atoms with Gasteiger partial charge in [-0.05, 0) is 50.2 Å². The minimum Gasteiger partial charge on any atom is -0.496 e. The van der Waals surface area contributed by atoms with E-state index in [1.165, 1.54) is 31.0 Å². The van der Waals surface area contributed by atoms with Crippen LogP contribution in [0.2, 0.25) is 0 Å². The van der Waals surface area contributed by atoms with Crippen LogP contribution >= 0.6 is 0 Å². The zero-order chi connectivity index (χ0) is 28.6. The second-order valence-electron chi connectivity index (χ2n) is 9.39. The van der Waals surface area contributed by atoms with Gasteiger partial charge in [-0.25, -0.2) is 14.1 Å². The first-order valence-electron chi connectivity index (χ1n) is 11.8. The summed E-state index contributed by atoms with van der Waals surface area (Å²) in [5.41, 5.74) is 3.26. The van der Waals surface area contributed by atoms with Crippen molar-refractivity contribution in [2.75, 3.05) is 13.7 Å². The first kappa shape index (κ1) is 27.7.